The topological polar surface area (TPSA) is 113 Å². The summed E-state index contributed by atoms with van der Waals surface area (Å²) in [6.45, 7) is 1.47. The van der Waals surface area contributed by atoms with Gasteiger partial charge in [-0.3, -0.25) is 4.79 Å². The van der Waals surface area contributed by atoms with Crippen LogP contribution in [-0.2, 0) is 19.6 Å². The molecule has 2 heterocycles. The maximum Gasteiger partial charge on any atom is 0.262 e. The zero-order valence-electron chi connectivity index (χ0n) is 16.2. The Bertz CT molecular complexity index is 1100. The molecule has 1 saturated carbocycles. The fraction of sp³-hybridized carbons (Fsp3) is 0.333. The summed E-state index contributed by atoms with van der Waals surface area (Å²) in [5.74, 6) is 0.476. The van der Waals surface area contributed by atoms with Gasteiger partial charge in [-0.25, -0.2) is 8.42 Å². The molecule has 1 amide bonds. The molecule has 1 saturated heterocycles. The van der Waals surface area contributed by atoms with Crippen molar-refractivity contribution in [2.75, 3.05) is 26.3 Å². The molecule has 0 atom stereocenters. The van der Waals surface area contributed by atoms with Gasteiger partial charge in [0.1, 0.15) is 23.2 Å². The Balaban J connectivity index is 1.50. The molecule has 1 aromatic carbocycles. The predicted octanol–water partition coefficient (Wildman–Crippen LogP) is 2.15. The number of benzene rings is 1. The first-order valence-corrected chi connectivity index (χ1v) is 11.1. The highest BCUT2D eigenvalue weighted by Crippen LogP contribution is 2.26. The first-order chi connectivity index (χ1) is 14.5. The van der Waals surface area contributed by atoms with Gasteiger partial charge < -0.3 is 14.5 Å². The van der Waals surface area contributed by atoms with E-state index < -0.39 is 15.9 Å². The molecule has 2 aromatic rings. The van der Waals surface area contributed by atoms with E-state index in [9.17, 15) is 18.5 Å². The summed E-state index contributed by atoms with van der Waals surface area (Å²) in [7, 11) is -3.56. The summed E-state index contributed by atoms with van der Waals surface area (Å²) in [4.78, 5) is 12.3. The van der Waals surface area contributed by atoms with E-state index in [0.717, 1.165) is 12.8 Å². The molecule has 0 unspecified atom stereocenters. The number of hydrogen-bond donors (Lipinski definition) is 1. The minimum atomic E-state index is -3.56. The van der Waals surface area contributed by atoms with Gasteiger partial charge in [0.25, 0.3) is 5.91 Å². The van der Waals surface area contributed by atoms with Crippen LogP contribution in [0.15, 0.2) is 51.3 Å². The molecule has 0 bridgehead atoms. The third kappa shape index (κ3) is 4.46. The van der Waals surface area contributed by atoms with Crippen molar-refractivity contribution in [1.29, 1.82) is 5.26 Å². The van der Waals surface area contributed by atoms with Gasteiger partial charge in [0.15, 0.2) is 0 Å². The van der Waals surface area contributed by atoms with Crippen molar-refractivity contribution in [2.45, 2.75) is 23.8 Å². The maximum absolute atomic E-state index is 12.7. The van der Waals surface area contributed by atoms with Crippen LogP contribution in [0.4, 0.5) is 0 Å². The summed E-state index contributed by atoms with van der Waals surface area (Å²) in [6.07, 6.45) is 3.28. The van der Waals surface area contributed by atoms with Crippen LogP contribution in [0.5, 0.6) is 0 Å². The van der Waals surface area contributed by atoms with Crippen LogP contribution in [0, 0.1) is 11.3 Å². The SMILES string of the molecule is N#CC(=Cc1ccc(-c2ccc(S(=O)(=O)N3CCOCC3)cc2)o1)C(=O)NC1CC1. The van der Waals surface area contributed by atoms with E-state index in [1.807, 2.05) is 6.07 Å². The highest BCUT2D eigenvalue weighted by molar-refractivity contribution is 7.89. The second kappa shape index (κ2) is 8.44. The van der Waals surface area contributed by atoms with Crippen molar-refractivity contribution in [2.24, 2.45) is 0 Å². The minimum absolute atomic E-state index is 0.0187. The fourth-order valence-corrected chi connectivity index (χ4v) is 4.50. The number of rotatable bonds is 6. The molecular formula is C21H21N3O5S. The van der Waals surface area contributed by atoms with Crippen molar-refractivity contribution >= 4 is 22.0 Å². The Kier molecular flexibility index (Phi) is 5.72. The largest absolute Gasteiger partial charge is 0.457 e. The molecule has 9 heteroatoms. The second-order valence-electron chi connectivity index (χ2n) is 7.16. The fourth-order valence-electron chi connectivity index (χ4n) is 3.09. The minimum Gasteiger partial charge on any atom is -0.457 e. The molecule has 1 aliphatic heterocycles. The molecule has 1 aliphatic carbocycles. The van der Waals surface area contributed by atoms with Crippen LogP contribution >= 0.6 is 0 Å². The van der Waals surface area contributed by atoms with Gasteiger partial charge in [-0.1, -0.05) is 0 Å². The third-order valence-electron chi connectivity index (χ3n) is 4.94. The van der Waals surface area contributed by atoms with E-state index in [-0.39, 0.29) is 16.5 Å². The lowest BCUT2D eigenvalue weighted by Crippen LogP contribution is -2.40. The lowest BCUT2D eigenvalue weighted by Gasteiger charge is -2.26. The van der Waals surface area contributed by atoms with E-state index >= 15 is 0 Å². The summed E-state index contributed by atoms with van der Waals surface area (Å²) in [5, 5.41) is 12.0. The number of hydrogen-bond acceptors (Lipinski definition) is 6. The average molecular weight is 427 g/mol. The van der Waals surface area contributed by atoms with Gasteiger partial charge in [0.05, 0.1) is 18.1 Å². The number of morpholine rings is 1. The van der Waals surface area contributed by atoms with Gasteiger partial charge in [-0.2, -0.15) is 9.57 Å². The summed E-state index contributed by atoms with van der Waals surface area (Å²) in [5.41, 5.74) is 0.672. The van der Waals surface area contributed by atoms with E-state index in [1.165, 1.54) is 10.4 Å². The zero-order chi connectivity index (χ0) is 21.1. The zero-order valence-corrected chi connectivity index (χ0v) is 17.0. The lowest BCUT2D eigenvalue weighted by atomic mass is 10.2. The van der Waals surface area contributed by atoms with E-state index in [1.54, 1.807) is 36.4 Å². The molecule has 4 rings (SSSR count). The van der Waals surface area contributed by atoms with Gasteiger partial charge in [0.2, 0.25) is 10.0 Å². The van der Waals surface area contributed by atoms with Gasteiger partial charge >= 0.3 is 0 Å². The Morgan fingerprint density at radius 2 is 1.83 bits per heavy atom. The highest BCUT2D eigenvalue weighted by Gasteiger charge is 2.26. The first-order valence-electron chi connectivity index (χ1n) is 9.68. The average Bonchev–Trinajstić information content (AvgIpc) is 3.46. The number of carbonyl (C=O) groups excluding carboxylic acids is 1. The van der Waals surface area contributed by atoms with Crippen LogP contribution in [0.25, 0.3) is 17.4 Å². The van der Waals surface area contributed by atoms with Crippen LogP contribution in [0.1, 0.15) is 18.6 Å². The van der Waals surface area contributed by atoms with Crippen LogP contribution in [0.2, 0.25) is 0 Å². The van der Waals surface area contributed by atoms with Crippen LogP contribution < -0.4 is 5.32 Å². The standard InChI is InChI=1S/C21H21N3O5S/c22-14-16(21(25)23-17-3-4-17)13-18-5-8-20(29-18)15-1-6-19(7-2-15)30(26,27)24-9-11-28-12-10-24/h1-2,5-8,13,17H,3-4,9-12H2,(H,23,25). The molecule has 2 aliphatic rings. The maximum atomic E-state index is 12.7. The number of carbonyl (C=O) groups is 1. The van der Waals surface area contributed by atoms with E-state index in [0.29, 0.717) is 43.4 Å². The van der Waals surface area contributed by atoms with Gasteiger partial charge in [0, 0.05) is 30.8 Å². The molecule has 1 aromatic heterocycles. The number of nitrogens with zero attached hydrogens (tertiary/aromatic N) is 2. The molecule has 8 nitrogen and oxygen atoms in total. The molecule has 0 spiro atoms. The Morgan fingerprint density at radius 1 is 1.13 bits per heavy atom. The normalized spacial score (nSPS) is 18.0. The number of amides is 1. The van der Waals surface area contributed by atoms with Gasteiger partial charge in [-0.05, 0) is 49.2 Å². The summed E-state index contributed by atoms with van der Waals surface area (Å²) >= 11 is 0. The Morgan fingerprint density at radius 3 is 2.47 bits per heavy atom. The predicted molar refractivity (Wildman–Crippen MR) is 108 cm³/mol. The van der Waals surface area contributed by atoms with Crippen LogP contribution in [-0.4, -0.2) is 51.0 Å². The number of furan rings is 1. The Labute approximate surface area is 174 Å². The highest BCUT2D eigenvalue weighted by atomic mass is 32.2. The number of sulfonamides is 1. The number of nitriles is 1. The lowest BCUT2D eigenvalue weighted by molar-refractivity contribution is -0.117. The van der Waals surface area contributed by atoms with Crippen LogP contribution in [0.3, 0.4) is 0 Å². The van der Waals surface area contributed by atoms with Gasteiger partial charge in [-0.15, -0.1) is 0 Å². The van der Waals surface area contributed by atoms with Crippen molar-refractivity contribution in [1.82, 2.24) is 9.62 Å². The molecule has 30 heavy (non-hydrogen) atoms. The number of nitrogens with one attached hydrogen (secondary N) is 1. The first kappa shape index (κ1) is 20.3. The van der Waals surface area contributed by atoms with Crippen molar-refractivity contribution < 1.29 is 22.4 Å². The second-order valence-corrected chi connectivity index (χ2v) is 9.10. The Hall–Kier alpha value is -2.93. The molecule has 0 radical (unpaired) electrons. The molecule has 2 fully saturated rings. The molecule has 1 N–H and O–H groups in total. The smallest absolute Gasteiger partial charge is 0.262 e. The summed E-state index contributed by atoms with van der Waals surface area (Å²) in [6, 6.07) is 11.9. The van der Waals surface area contributed by atoms with Crippen molar-refractivity contribution in [3.8, 4) is 17.4 Å². The third-order valence-corrected chi connectivity index (χ3v) is 6.85. The molecule has 156 valence electrons. The monoisotopic (exact) mass is 427 g/mol. The van der Waals surface area contributed by atoms with Crippen molar-refractivity contribution in [3.05, 3.63) is 47.7 Å². The van der Waals surface area contributed by atoms with E-state index in [4.69, 9.17) is 9.15 Å². The number of ether oxygens (including phenoxy) is 1. The van der Waals surface area contributed by atoms with Crippen molar-refractivity contribution in [3.63, 3.8) is 0 Å². The van der Waals surface area contributed by atoms with E-state index in [2.05, 4.69) is 5.32 Å². The molecular weight excluding hydrogens is 406 g/mol. The summed E-state index contributed by atoms with van der Waals surface area (Å²) < 4.78 is 37.8. The quantitative estimate of drug-likeness (QED) is 0.558.